The minimum atomic E-state index is -0.805. The molecular formula is C15H16N6O3S. The number of aromatic amines is 2. The molecule has 0 radical (unpaired) electrons. The van der Waals surface area contributed by atoms with Crippen molar-refractivity contribution in [3.8, 4) is 0 Å². The standard InChI is InChI=1S/C15H16N6O3S/c22-13-10(2-1-5-16-13)18-14-17-8-11-12(20-14)21(15(23)19-11)9-3-6-25(24)7-4-9/h1-2,5,8-9H,3-4,6-7H2,(H,16,22)(H,19,23)(H,17,18,20). The smallest absolute Gasteiger partial charge is 0.327 e. The van der Waals surface area contributed by atoms with Crippen LogP contribution in [0.4, 0.5) is 11.6 Å². The molecule has 10 heteroatoms. The van der Waals surface area contributed by atoms with Crippen molar-refractivity contribution in [2.75, 3.05) is 16.8 Å². The van der Waals surface area contributed by atoms with Crippen LogP contribution in [0.3, 0.4) is 0 Å². The van der Waals surface area contributed by atoms with E-state index in [0.717, 1.165) is 0 Å². The van der Waals surface area contributed by atoms with E-state index >= 15 is 0 Å². The van der Waals surface area contributed by atoms with Crippen molar-refractivity contribution in [1.29, 1.82) is 0 Å². The molecule has 9 nitrogen and oxygen atoms in total. The molecule has 4 rings (SSSR count). The van der Waals surface area contributed by atoms with Crippen molar-refractivity contribution in [3.05, 3.63) is 45.4 Å². The zero-order valence-corrected chi connectivity index (χ0v) is 14.0. The van der Waals surface area contributed by atoms with Crippen LogP contribution in [-0.4, -0.2) is 40.2 Å². The fraction of sp³-hybridized carbons (Fsp3) is 0.333. The van der Waals surface area contributed by atoms with E-state index in [2.05, 4.69) is 25.3 Å². The summed E-state index contributed by atoms with van der Waals surface area (Å²) in [6.07, 6.45) is 4.39. The highest BCUT2D eigenvalue weighted by Crippen LogP contribution is 2.24. The predicted molar refractivity (Wildman–Crippen MR) is 94.6 cm³/mol. The third kappa shape index (κ3) is 3.00. The molecule has 3 aromatic rings. The second kappa shape index (κ2) is 6.28. The van der Waals surface area contributed by atoms with E-state index in [4.69, 9.17) is 0 Å². The first-order chi connectivity index (χ1) is 12.1. The monoisotopic (exact) mass is 360 g/mol. The van der Waals surface area contributed by atoms with Gasteiger partial charge in [-0.3, -0.25) is 13.6 Å². The Balaban J connectivity index is 1.73. The quantitative estimate of drug-likeness (QED) is 0.629. The lowest BCUT2D eigenvalue weighted by atomic mass is 10.1. The van der Waals surface area contributed by atoms with E-state index < -0.39 is 10.8 Å². The molecule has 0 spiro atoms. The number of aromatic nitrogens is 5. The largest absolute Gasteiger partial charge is 0.327 e. The Morgan fingerprint density at radius 1 is 1.28 bits per heavy atom. The van der Waals surface area contributed by atoms with Gasteiger partial charge in [0.25, 0.3) is 5.56 Å². The van der Waals surface area contributed by atoms with Crippen LogP contribution < -0.4 is 16.6 Å². The van der Waals surface area contributed by atoms with E-state index in [1.807, 2.05) is 0 Å². The SMILES string of the molecule is O=c1[nH]cccc1Nc1ncc2[nH]c(=O)n(C3CCS(=O)CC3)c2n1. The van der Waals surface area contributed by atoms with Crippen LogP contribution in [0.5, 0.6) is 0 Å². The second-order valence-corrected chi connectivity index (χ2v) is 7.54. The Morgan fingerprint density at radius 2 is 2.08 bits per heavy atom. The zero-order chi connectivity index (χ0) is 17.4. The number of hydrogen-bond donors (Lipinski definition) is 3. The Kier molecular flexibility index (Phi) is 3.96. The van der Waals surface area contributed by atoms with Gasteiger partial charge in [0.05, 0.1) is 6.20 Å². The number of nitrogens with one attached hydrogen (secondary N) is 3. The summed E-state index contributed by atoms with van der Waals surface area (Å²) in [6.45, 7) is 0. The van der Waals surface area contributed by atoms with Crippen LogP contribution >= 0.6 is 0 Å². The van der Waals surface area contributed by atoms with Crippen LogP contribution in [0, 0.1) is 0 Å². The van der Waals surface area contributed by atoms with Crippen LogP contribution in [0.15, 0.2) is 34.1 Å². The van der Waals surface area contributed by atoms with Gasteiger partial charge < -0.3 is 15.3 Å². The summed E-state index contributed by atoms with van der Waals surface area (Å²) in [5.74, 6) is 1.40. The predicted octanol–water partition coefficient (Wildman–Crippen LogP) is 0.635. The molecule has 0 aliphatic carbocycles. The Labute approximate surface area is 144 Å². The summed E-state index contributed by atoms with van der Waals surface area (Å²) < 4.78 is 13.2. The first-order valence-electron chi connectivity index (χ1n) is 7.89. The van der Waals surface area contributed by atoms with E-state index in [-0.39, 0.29) is 23.2 Å². The fourth-order valence-electron chi connectivity index (χ4n) is 3.00. The summed E-state index contributed by atoms with van der Waals surface area (Å²) in [4.78, 5) is 38.0. The number of fused-ring (bicyclic) bond motifs is 1. The summed E-state index contributed by atoms with van der Waals surface area (Å²) in [7, 11) is -0.805. The maximum atomic E-state index is 12.3. The molecule has 1 aliphatic heterocycles. The maximum Gasteiger partial charge on any atom is 0.327 e. The average molecular weight is 360 g/mol. The second-order valence-electron chi connectivity index (χ2n) is 5.85. The van der Waals surface area contributed by atoms with Crippen molar-refractivity contribution in [3.63, 3.8) is 0 Å². The normalized spacial score (nSPS) is 20.6. The highest BCUT2D eigenvalue weighted by Gasteiger charge is 2.23. The maximum absolute atomic E-state index is 12.3. The van der Waals surface area contributed by atoms with Crippen molar-refractivity contribution in [2.45, 2.75) is 18.9 Å². The van der Waals surface area contributed by atoms with E-state index in [0.29, 0.717) is 41.2 Å². The number of rotatable bonds is 3. The van der Waals surface area contributed by atoms with Gasteiger partial charge in [-0.05, 0) is 25.0 Å². The third-order valence-corrected chi connectivity index (χ3v) is 5.63. The number of imidazole rings is 1. The van der Waals surface area contributed by atoms with Gasteiger partial charge in [0.2, 0.25) is 5.95 Å². The van der Waals surface area contributed by atoms with Crippen LogP contribution in [0.25, 0.3) is 11.2 Å². The van der Waals surface area contributed by atoms with E-state index in [9.17, 15) is 13.8 Å². The van der Waals surface area contributed by atoms with Gasteiger partial charge in [-0.25, -0.2) is 9.78 Å². The first kappa shape index (κ1) is 15.8. The van der Waals surface area contributed by atoms with Crippen molar-refractivity contribution in [1.82, 2.24) is 24.5 Å². The third-order valence-electron chi connectivity index (χ3n) is 4.24. The van der Waals surface area contributed by atoms with Crippen LogP contribution in [0.1, 0.15) is 18.9 Å². The molecule has 0 amide bonds. The van der Waals surface area contributed by atoms with Gasteiger partial charge in [0.15, 0.2) is 5.65 Å². The highest BCUT2D eigenvalue weighted by molar-refractivity contribution is 7.85. The molecule has 3 N–H and O–H groups in total. The fourth-order valence-corrected chi connectivity index (χ4v) is 4.27. The first-order valence-corrected chi connectivity index (χ1v) is 9.37. The molecule has 1 saturated heterocycles. The van der Waals surface area contributed by atoms with E-state index in [1.54, 1.807) is 16.7 Å². The minimum Gasteiger partial charge on any atom is -0.327 e. The number of hydrogen-bond acceptors (Lipinski definition) is 6. The Morgan fingerprint density at radius 3 is 2.84 bits per heavy atom. The molecule has 1 fully saturated rings. The number of pyridine rings is 1. The van der Waals surface area contributed by atoms with Crippen molar-refractivity contribution < 1.29 is 4.21 Å². The molecule has 0 aromatic carbocycles. The molecule has 3 aromatic heterocycles. The van der Waals surface area contributed by atoms with Gasteiger partial charge in [-0.1, -0.05) is 0 Å². The van der Waals surface area contributed by atoms with Gasteiger partial charge in [0.1, 0.15) is 11.2 Å². The van der Waals surface area contributed by atoms with Crippen molar-refractivity contribution in [2.24, 2.45) is 0 Å². The van der Waals surface area contributed by atoms with Gasteiger partial charge in [-0.2, -0.15) is 4.98 Å². The summed E-state index contributed by atoms with van der Waals surface area (Å²) in [5, 5.41) is 2.87. The molecule has 0 atom stereocenters. The molecule has 0 unspecified atom stereocenters. The summed E-state index contributed by atoms with van der Waals surface area (Å²) in [5.41, 5.74) is 0.792. The lowest BCUT2D eigenvalue weighted by Gasteiger charge is -2.22. The molecule has 0 bridgehead atoms. The highest BCUT2D eigenvalue weighted by atomic mass is 32.2. The Bertz CT molecular complexity index is 1060. The topological polar surface area (TPSA) is 126 Å². The van der Waals surface area contributed by atoms with Crippen LogP contribution in [-0.2, 0) is 10.8 Å². The minimum absolute atomic E-state index is 0.0400. The van der Waals surface area contributed by atoms with Gasteiger partial charge in [-0.15, -0.1) is 0 Å². The zero-order valence-electron chi connectivity index (χ0n) is 13.2. The molecule has 130 valence electrons. The number of nitrogens with zero attached hydrogens (tertiary/aromatic N) is 3. The average Bonchev–Trinajstić information content (AvgIpc) is 2.93. The van der Waals surface area contributed by atoms with Crippen LogP contribution in [0.2, 0.25) is 0 Å². The molecular weight excluding hydrogens is 344 g/mol. The lowest BCUT2D eigenvalue weighted by molar-refractivity contribution is 0.459. The number of anilines is 2. The molecule has 4 heterocycles. The summed E-state index contributed by atoms with van der Waals surface area (Å²) in [6, 6.07) is 3.27. The Hall–Kier alpha value is -2.75. The van der Waals surface area contributed by atoms with Gasteiger partial charge in [0, 0.05) is 34.5 Å². The molecule has 1 aliphatic rings. The summed E-state index contributed by atoms with van der Waals surface area (Å²) >= 11 is 0. The molecule has 0 saturated carbocycles. The van der Waals surface area contributed by atoms with Crippen molar-refractivity contribution >= 4 is 33.6 Å². The van der Waals surface area contributed by atoms with E-state index in [1.165, 1.54) is 12.4 Å². The van der Waals surface area contributed by atoms with Gasteiger partial charge >= 0.3 is 5.69 Å². The molecule has 25 heavy (non-hydrogen) atoms. The number of H-pyrrole nitrogens is 2. The lowest BCUT2D eigenvalue weighted by Crippen LogP contribution is -2.28.